The van der Waals surface area contributed by atoms with Crippen LogP contribution in [0.3, 0.4) is 0 Å². The monoisotopic (exact) mass is 397 g/mol. The molecule has 8 nitrogen and oxygen atoms in total. The molecule has 0 aliphatic carbocycles. The van der Waals surface area contributed by atoms with Gasteiger partial charge < -0.3 is 20.1 Å². The Hall–Kier alpha value is -2.55. The van der Waals surface area contributed by atoms with Crippen molar-refractivity contribution in [1.82, 2.24) is 15.1 Å². The highest BCUT2D eigenvalue weighted by atomic mass is 16.5. The van der Waals surface area contributed by atoms with Crippen molar-refractivity contribution in [2.75, 3.05) is 56.2 Å². The highest BCUT2D eigenvalue weighted by molar-refractivity contribution is 6.02. The minimum Gasteiger partial charge on any atom is -0.388 e. The van der Waals surface area contributed by atoms with Crippen molar-refractivity contribution in [3.05, 3.63) is 48.2 Å². The minimum absolute atomic E-state index is 0.276. The molecule has 2 saturated heterocycles. The first-order valence-electron chi connectivity index (χ1n) is 10.1. The Morgan fingerprint density at radius 1 is 1.03 bits per heavy atom. The summed E-state index contributed by atoms with van der Waals surface area (Å²) in [5, 5.41) is 22.1. The summed E-state index contributed by atoms with van der Waals surface area (Å²) in [7, 11) is 0. The van der Waals surface area contributed by atoms with E-state index in [4.69, 9.17) is 4.74 Å². The van der Waals surface area contributed by atoms with Gasteiger partial charge in [0.2, 0.25) is 0 Å². The molecule has 29 heavy (non-hydrogen) atoms. The molecule has 0 spiro atoms. The topological polar surface area (TPSA) is 90.8 Å². The van der Waals surface area contributed by atoms with E-state index in [-0.39, 0.29) is 11.6 Å². The Balaban J connectivity index is 1.31. The van der Waals surface area contributed by atoms with Crippen molar-refractivity contribution in [2.24, 2.45) is 0 Å². The summed E-state index contributed by atoms with van der Waals surface area (Å²) in [4.78, 5) is 16.7. The summed E-state index contributed by atoms with van der Waals surface area (Å²) in [6.45, 7) is 5.35. The minimum atomic E-state index is -0.670. The zero-order valence-corrected chi connectivity index (χ0v) is 16.5. The van der Waals surface area contributed by atoms with Gasteiger partial charge in [0.05, 0.1) is 18.8 Å². The zero-order chi connectivity index (χ0) is 20.1. The third-order valence-corrected chi connectivity index (χ3v) is 5.55. The molecule has 0 unspecified atom stereocenters. The number of carbonyl (C=O) groups excluding carboxylic acids is 1. The second-order valence-corrected chi connectivity index (χ2v) is 7.70. The number of carbonyl (C=O) groups is 1. The predicted molar refractivity (Wildman–Crippen MR) is 110 cm³/mol. The summed E-state index contributed by atoms with van der Waals surface area (Å²) < 4.78 is 5.38. The Kier molecular flexibility index (Phi) is 6.03. The number of hydrogen-bond donors (Lipinski definition) is 2. The Morgan fingerprint density at radius 3 is 2.41 bits per heavy atom. The quantitative estimate of drug-likeness (QED) is 0.788. The van der Waals surface area contributed by atoms with Crippen molar-refractivity contribution in [1.29, 1.82) is 0 Å². The predicted octanol–water partition coefficient (Wildman–Crippen LogP) is 1.39. The van der Waals surface area contributed by atoms with E-state index >= 15 is 0 Å². The fourth-order valence-electron chi connectivity index (χ4n) is 3.82. The van der Waals surface area contributed by atoms with Crippen molar-refractivity contribution < 1.29 is 14.6 Å². The number of hydrogen-bond acceptors (Lipinski definition) is 7. The van der Waals surface area contributed by atoms with Gasteiger partial charge in [-0.1, -0.05) is 18.2 Å². The zero-order valence-electron chi connectivity index (χ0n) is 16.5. The smallest absolute Gasteiger partial charge is 0.276 e. The van der Waals surface area contributed by atoms with Crippen molar-refractivity contribution in [2.45, 2.75) is 18.4 Å². The number of aliphatic hydroxyl groups is 1. The molecule has 0 radical (unpaired) electrons. The average Bonchev–Trinajstić information content (AvgIpc) is 2.76. The van der Waals surface area contributed by atoms with Crippen LogP contribution in [0.5, 0.6) is 0 Å². The maximum absolute atomic E-state index is 12.3. The fourth-order valence-corrected chi connectivity index (χ4v) is 3.82. The second-order valence-electron chi connectivity index (χ2n) is 7.70. The van der Waals surface area contributed by atoms with Crippen LogP contribution in [0.15, 0.2) is 42.5 Å². The molecule has 3 heterocycles. The van der Waals surface area contributed by atoms with Gasteiger partial charge in [-0.05, 0) is 37.1 Å². The number of ether oxygens (including phenoxy) is 1. The lowest BCUT2D eigenvalue weighted by Crippen LogP contribution is -2.53. The van der Waals surface area contributed by atoms with E-state index in [0.717, 1.165) is 37.8 Å². The van der Waals surface area contributed by atoms with Crippen LogP contribution in [0.4, 0.5) is 11.5 Å². The number of amides is 1. The number of piperidine rings is 1. The summed E-state index contributed by atoms with van der Waals surface area (Å²) >= 11 is 0. The van der Waals surface area contributed by atoms with E-state index in [2.05, 4.69) is 25.3 Å². The van der Waals surface area contributed by atoms with Gasteiger partial charge in [0.25, 0.3) is 5.91 Å². The summed E-state index contributed by atoms with van der Waals surface area (Å²) in [6, 6.07) is 12.8. The van der Waals surface area contributed by atoms with Crippen LogP contribution < -0.4 is 10.2 Å². The van der Waals surface area contributed by atoms with Crippen molar-refractivity contribution >= 4 is 17.4 Å². The molecule has 1 aromatic carbocycles. The van der Waals surface area contributed by atoms with Gasteiger partial charge in [-0.2, -0.15) is 0 Å². The van der Waals surface area contributed by atoms with E-state index in [9.17, 15) is 9.90 Å². The number of β-amino-alcohol motifs (C(OH)–C–C–N with tert-alkyl or cyclic N) is 1. The van der Waals surface area contributed by atoms with Gasteiger partial charge in [0, 0.05) is 38.4 Å². The van der Waals surface area contributed by atoms with E-state index in [1.165, 1.54) is 0 Å². The molecule has 2 N–H and O–H groups in total. The Bertz CT molecular complexity index is 801. The van der Waals surface area contributed by atoms with Crippen LogP contribution >= 0.6 is 0 Å². The number of anilines is 2. The molecular weight excluding hydrogens is 370 g/mol. The lowest BCUT2D eigenvalue weighted by atomic mass is 9.90. The van der Waals surface area contributed by atoms with E-state index < -0.39 is 5.60 Å². The number of para-hydroxylation sites is 1. The summed E-state index contributed by atoms with van der Waals surface area (Å²) in [5.41, 5.74) is 0.328. The lowest BCUT2D eigenvalue weighted by molar-refractivity contribution is -0.0441. The SMILES string of the molecule is O=C(Nc1ccccc1)c1ccc(N2CCC(O)(CN3CCOCC3)CC2)nn1. The molecule has 0 atom stereocenters. The lowest BCUT2D eigenvalue weighted by Gasteiger charge is -2.42. The van der Waals surface area contributed by atoms with Crippen molar-refractivity contribution in [3.63, 3.8) is 0 Å². The second kappa shape index (κ2) is 8.86. The molecular formula is C21H27N5O3. The highest BCUT2D eigenvalue weighted by Crippen LogP contribution is 2.26. The number of rotatable bonds is 5. The van der Waals surface area contributed by atoms with E-state index in [0.29, 0.717) is 32.5 Å². The first-order valence-corrected chi connectivity index (χ1v) is 10.1. The number of aromatic nitrogens is 2. The molecule has 0 saturated carbocycles. The highest BCUT2D eigenvalue weighted by Gasteiger charge is 2.35. The van der Waals surface area contributed by atoms with Crippen LogP contribution in [0.1, 0.15) is 23.3 Å². The molecule has 2 fully saturated rings. The largest absolute Gasteiger partial charge is 0.388 e. The summed E-state index contributed by atoms with van der Waals surface area (Å²) in [6.07, 6.45) is 1.37. The first-order chi connectivity index (χ1) is 14.1. The average molecular weight is 397 g/mol. The molecule has 1 amide bonds. The molecule has 4 rings (SSSR count). The third kappa shape index (κ3) is 5.09. The molecule has 0 bridgehead atoms. The number of benzene rings is 1. The molecule has 154 valence electrons. The van der Waals surface area contributed by atoms with Crippen LogP contribution in [0.25, 0.3) is 0 Å². The number of nitrogens with zero attached hydrogens (tertiary/aromatic N) is 4. The van der Waals surface area contributed by atoms with Gasteiger partial charge in [-0.25, -0.2) is 0 Å². The molecule has 2 aliphatic rings. The fraction of sp³-hybridized carbons (Fsp3) is 0.476. The Labute approximate surface area is 170 Å². The van der Waals surface area contributed by atoms with Gasteiger partial charge >= 0.3 is 0 Å². The van der Waals surface area contributed by atoms with Crippen LogP contribution in [-0.2, 0) is 4.74 Å². The number of nitrogens with one attached hydrogen (secondary N) is 1. The van der Waals surface area contributed by atoms with Crippen LogP contribution in [0.2, 0.25) is 0 Å². The van der Waals surface area contributed by atoms with E-state index in [1.54, 1.807) is 6.07 Å². The number of morpholine rings is 1. The van der Waals surface area contributed by atoms with Gasteiger partial charge in [0.1, 0.15) is 0 Å². The maximum atomic E-state index is 12.3. The molecule has 8 heteroatoms. The first kappa shape index (κ1) is 19.8. The molecule has 1 aromatic heterocycles. The summed E-state index contributed by atoms with van der Waals surface area (Å²) in [5.74, 6) is 0.448. The Morgan fingerprint density at radius 2 is 1.76 bits per heavy atom. The van der Waals surface area contributed by atoms with Gasteiger partial charge in [-0.15, -0.1) is 10.2 Å². The standard InChI is InChI=1S/C21H27N5O3/c27-20(22-17-4-2-1-3-5-17)18-6-7-19(24-23-18)26-10-8-21(28,9-11-26)16-25-12-14-29-15-13-25/h1-7,28H,8-16H2,(H,22,27). The molecule has 2 aromatic rings. The van der Waals surface area contributed by atoms with Gasteiger partial charge in [-0.3, -0.25) is 9.69 Å². The normalized spacial score (nSPS) is 19.7. The van der Waals surface area contributed by atoms with Gasteiger partial charge in [0.15, 0.2) is 11.5 Å². The van der Waals surface area contributed by atoms with Crippen LogP contribution in [-0.4, -0.2) is 77.6 Å². The van der Waals surface area contributed by atoms with Crippen LogP contribution in [0, 0.1) is 0 Å². The maximum Gasteiger partial charge on any atom is 0.276 e. The van der Waals surface area contributed by atoms with E-state index in [1.807, 2.05) is 36.4 Å². The molecule has 2 aliphatic heterocycles. The van der Waals surface area contributed by atoms with Crippen molar-refractivity contribution in [3.8, 4) is 0 Å². The third-order valence-electron chi connectivity index (χ3n) is 5.55.